The summed E-state index contributed by atoms with van der Waals surface area (Å²) in [5, 5.41) is 3.44. The summed E-state index contributed by atoms with van der Waals surface area (Å²) in [5.74, 6) is 1.39. The zero-order valence-corrected chi connectivity index (χ0v) is 17.3. The highest BCUT2D eigenvalue weighted by Crippen LogP contribution is 2.33. The van der Waals surface area contributed by atoms with Crippen molar-refractivity contribution in [3.63, 3.8) is 0 Å². The number of hydrogen-bond acceptors (Lipinski definition) is 2. The molecule has 0 amide bonds. The summed E-state index contributed by atoms with van der Waals surface area (Å²) in [6.07, 6.45) is 1.05. The van der Waals surface area contributed by atoms with Gasteiger partial charge in [0.2, 0.25) is 0 Å². The predicted molar refractivity (Wildman–Crippen MR) is 126 cm³/mol. The van der Waals surface area contributed by atoms with Gasteiger partial charge < -0.3 is 0 Å². The first kappa shape index (κ1) is 18.5. The number of fused-ring (bicyclic) bond motifs is 3. The van der Waals surface area contributed by atoms with Gasteiger partial charge in [0, 0.05) is 21.9 Å². The van der Waals surface area contributed by atoms with Gasteiger partial charge in [-0.3, -0.25) is 0 Å². The van der Waals surface area contributed by atoms with Gasteiger partial charge >= 0.3 is 0 Å². The fourth-order valence-corrected chi connectivity index (χ4v) is 4.12. The Bertz CT molecular complexity index is 1340. The first-order valence-electron chi connectivity index (χ1n) is 10.5. The van der Waals surface area contributed by atoms with Crippen molar-refractivity contribution in [2.24, 2.45) is 5.92 Å². The van der Waals surface area contributed by atoms with Crippen molar-refractivity contribution in [1.29, 1.82) is 0 Å². The molecule has 0 aliphatic rings. The first-order valence-corrected chi connectivity index (χ1v) is 10.5. The molecule has 0 N–H and O–H groups in total. The molecule has 0 aliphatic heterocycles. The van der Waals surface area contributed by atoms with Crippen LogP contribution >= 0.6 is 0 Å². The number of rotatable bonds is 4. The third-order valence-electron chi connectivity index (χ3n) is 5.47. The van der Waals surface area contributed by atoms with Crippen molar-refractivity contribution in [1.82, 2.24) is 9.97 Å². The van der Waals surface area contributed by atoms with E-state index in [0.29, 0.717) is 5.92 Å². The molecule has 0 radical (unpaired) electrons. The average molecular weight is 389 g/mol. The van der Waals surface area contributed by atoms with Crippen LogP contribution < -0.4 is 0 Å². The summed E-state index contributed by atoms with van der Waals surface area (Å²) in [6.45, 7) is 4.50. The molecule has 5 aromatic rings. The van der Waals surface area contributed by atoms with E-state index in [1.54, 1.807) is 0 Å². The van der Waals surface area contributed by atoms with Crippen LogP contribution in [-0.2, 0) is 6.42 Å². The van der Waals surface area contributed by atoms with E-state index >= 15 is 0 Å². The van der Waals surface area contributed by atoms with Gasteiger partial charge in [-0.25, -0.2) is 9.97 Å². The van der Waals surface area contributed by atoms with Crippen LogP contribution in [0.2, 0.25) is 0 Å². The lowest BCUT2D eigenvalue weighted by Gasteiger charge is -2.12. The molecule has 1 heterocycles. The summed E-state index contributed by atoms with van der Waals surface area (Å²) in [6, 6.07) is 31.8. The molecule has 1 aromatic heterocycles. The van der Waals surface area contributed by atoms with Gasteiger partial charge in [-0.1, -0.05) is 92.7 Å². The Morgan fingerprint density at radius 3 is 2.27 bits per heavy atom. The Morgan fingerprint density at radius 2 is 1.43 bits per heavy atom. The lowest BCUT2D eigenvalue weighted by molar-refractivity contribution is 0.647. The highest BCUT2D eigenvalue weighted by atomic mass is 14.9. The number of nitrogens with zero attached hydrogens (tertiary/aromatic N) is 2. The van der Waals surface area contributed by atoms with E-state index in [0.717, 1.165) is 45.4 Å². The largest absolute Gasteiger partial charge is 0.227 e. The molecular formula is C28H24N2. The van der Waals surface area contributed by atoms with Gasteiger partial charge in [0.15, 0.2) is 5.82 Å². The van der Waals surface area contributed by atoms with Crippen LogP contribution in [0.1, 0.15) is 19.4 Å². The molecule has 0 fully saturated rings. The van der Waals surface area contributed by atoms with E-state index in [9.17, 15) is 0 Å². The monoisotopic (exact) mass is 388 g/mol. The number of benzene rings is 4. The standard InChI is InChI=1S/C28H24N2/c1-19(2)17-20-9-8-13-23(18-20)28-29-26(22-11-4-3-5-12-22)25-16-15-21-10-6-7-14-24(21)27(25)30-28/h3-16,18-19H,17H2,1-2H3. The van der Waals surface area contributed by atoms with Crippen molar-refractivity contribution in [2.75, 3.05) is 0 Å². The van der Waals surface area contributed by atoms with Crippen molar-refractivity contribution in [3.05, 3.63) is 96.6 Å². The van der Waals surface area contributed by atoms with Gasteiger partial charge in [-0.05, 0) is 35.4 Å². The normalized spacial score (nSPS) is 11.4. The van der Waals surface area contributed by atoms with Crippen LogP contribution in [0, 0.1) is 5.92 Å². The highest BCUT2D eigenvalue weighted by Gasteiger charge is 2.14. The minimum absolute atomic E-state index is 0.613. The Hall–Kier alpha value is -3.52. The SMILES string of the molecule is CC(C)Cc1cccc(-c2nc(-c3ccccc3)c3ccc4ccccc4c3n2)c1. The van der Waals surface area contributed by atoms with Crippen molar-refractivity contribution in [2.45, 2.75) is 20.3 Å². The Morgan fingerprint density at radius 1 is 0.667 bits per heavy atom. The molecular weight excluding hydrogens is 364 g/mol. The fraction of sp³-hybridized carbons (Fsp3) is 0.143. The van der Waals surface area contributed by atoms with E-state index in [1.165, 1.54) is 10.9 Å². The lowest BCUT2D eigenvalue weighted by Crippen LogP contribution is -1.98. The second-order valence-electron chi connectivity index (χ2n) is 8.24. The Kier molecular flexibility index (Phi) is 4.76. The van der Waals surface area contributed by atoms with E-state index in [4.69, 9.17) is 9.97 Å². The highest BCUT2D eigenvalue weighted by molar-refractivity contribution is 6.09. The molecule has 5 rings (SSSR count). The van der Waals surface area contributed by atoms with Crippen molar-refractivity contribution >= 4 is 21.7 Å². The number of hydrogen-bond donors (Lipinski definition) is 0. The van der Waals surface area contributed by atoms with E-state index in [-0.39, 0.29) is 0 Å². The van der Waals surface area contributed by atoms with Gasteiger partial charge in [-0.2, -0.15) is 0 Å². The fourth-order valence-electron chi connectivity index (χ4n) is 4.12. The van der Waals surface area contributed by atoms with Crippen LogP contribution in [0.4, 0.5) is 0 Å². The van der Waals surface area contributed by atoms with Crippen LogP contribution in [0.3, 0.4) is 0 Å². The zero-order chi connectivity index (χ0) is 20.5. The van der Waals surface area contributed by atoms with Gasteiger partial charge in [-0.15, -0.1) is 0 Å². The van der Waals surface area contributed by atoms with E-state index in [2.05, 4.69) is 98.8 Å². The predicted octanol–water partition coefficient (Wildman–Crippen LogP) is 7.32. The zero-order valence-electron chi connectivity index (χ0n) is 17.3. The minimum Gasteiger partial charge on any atom is -0.227 e. The van der Waals surface area contributed by atoms with Crippen LogP contribution in [0.25, 0.3) is 44.3 Å². The summed E-state index contributed by atoms with van der Waals surface area (Å²) in [5.41, 5.74) is 5.49. The molecule has 0 saturated heterocycles. The lowest BCUT2D eigenvalue weighted by atomic mass is 9.99. The van der Waals surface area contributed by atoms with E-state index in [1.807, 2.05) is 6.07 Å². The third kappa shape index (κ3) is 3.46. The smallest absolute Gasteiger partial charge is 0.160 e. The summed E-state index contributed by atoms with van der Waals surface area (Å²) in [7, 11) is 0. The maximum absolute atomic E-state index is 5.07. The van der Waals surface area contributed by atoms with Crippen LogP contribution in [-0.4, -0.2) is 9.97 Å². The molecule has 0 spiro atoms. The maximum atomic E-state index is 5.07. The molecule has 2 heteroatoms. The molecule has 2 nitrogen and oxygen atoms in total. The van der Waals surface area contributed by atoms with Crippen molar-refractivity contribution < 1.29 is 0 Å². The molecule has 30 heavy (non-hydrogen) atoms. The Balaban J connectivity index is 1.80. The van der Waals surface area contributed by atoms with Crippen LogP contribution in [0.5, 0.6) is 0 Å². The van der Waals surface area contributed by atoms with Gasteiger partial charge in [0.1, 0.15) is 0 Å². The topological polar surface area (TPSA) is 25.8 Å². The van der Waals surface area contributed by atoms with Crippen molar-refractivity contribution in [3.8, 4) is 22.6 Å². The summed E-state index contributed by atoms with van der Waals surface area (Å²) < 4.78 is 0. The average Bonchev–Trinajstić information content (AvgIpc) is 2.78. The quantitative estimate of drug-likeness (QED) is 0.302. The van der Waals surface area contributed by atoms with Gasteiger partial charge in [0.05, 0.1) is 11.2 Å². The molecule has 0 saturated carbocycles. The molecule has 0 unspecified atom stereocenters. The van der Waals surface area contributed by atoms with E-state index < -0.39 is 0 Å². The minimum atomic E-state index is 0.613. The van der Waals surface area contributed by atoms with Gasteiger partial charge in [0.25, 0.3) is 0 Å². The molecule has 146 valence electrons. The molecule has 4 aromatic carbocycles. The summed E-state index contributed by atoms with van der Waals surface area (Å²) >= 11 is 0. The Labute approximate surface area is 177 Å². The summed E-state index contributed by atoms with van der Waals surface area (Å²) in [4.78, 5) is 10.1. The molecule has 0 aliphatic carbocycles. The third-order valence-corrected chi connectivity index (χ3v) is 5.47. The maximum Gasteiger partial charge on any atom is 0.160 e. The molecule has 0 bridgehead atoms. The number of aromatic nitrogens is 2. The second kappa shape index (κ2) is 7.72. The first-order chi connectivity index (χ1) is 14.7. The van der Waals surface area contributed by atoms with Crippen LogP contribution in [0.15, 0.2) is 91.0 Å². The molecule has 0 atom stereocenters. The second-order valence-corrected chi connectivity index (χ2v) is 8.24.